The fraction of sp³-hybridized carbons (Fsp3) is 0.500. The first-order chi connectivity index (χ1) is 8.54. The molecule has 18 heavy (non-hydrogen) atoms. The molecular weight excluding hydrogens is 246 g/mol. The van der Waals surface area contributed by atoms with Gasteiger partial charge in [0, 0.05) is 17.8 Å². The summed E-state index contributed by atoms with van der Waals surface area (Å²) in [5.41, 5.74) is 0.654. The van der Waals surface area contributed by atoms with Crippen LogP contribution in [0.1, 0.15) is 42.4 Å². The molecule has 0 aliphatic carbocycles. The Hall–Kier alpha value is -1.31. The van der Waals surface area contributed by atoms with Gasteiger partial charge in [0.25, 0.3) is 5.91 Å². The van der Waals surface area contributed by atoms with E-state index in [0.717, 1.165) is 4.88 Å². The summed E-state index contributed by atoms with van der Waals surface area (Å²) in [7, 11) is 0. The van der Waals surface area contributed by atoms with E-state index in [4.69, 9.17) is 5.11 Å². The van der Waals surface area contributed by atoms with Crippen molar-refractivity contribution in [2.75, 3.05) is 6.61 Å². The number of carbonyl (C=O) groups excluding carboxylic acids is 1. The summed E-state index contributed by atoms with van der Waals surface area (Å²) in [6, 6.07) is 1.94. The third-order valence-electron chi connectivity index (χ3n) is 2.67. The van der Waals surface area contributed by atoms with Gasteiger partial charge < -0.3 is 10.4 Å². The minimum absolute atomic E-state index is 0.0531. The first kappa shape index (κ1) is 14.7. The maximum Gasteiger partial charge on any atom is 0.252 e. The molecule has 1 aromatic heterocycles. The number of nitrogens with one attached hydrogen (secondary N) is 1. The van der Waals surface area contributed by atoms with E-state index in [1.54, 1.807) is 6.07 Å². The molecule has 0 fully saturated rings. The van der Waals surface area contributed by atoms with E-state index in [1.807, 2.05) is 12.3 Å². The van der Waals surface area contributed by atoms with Gasteiger partial charge in [0.2, 0.25) is 0 Å². The highest BCUT2D eigenvalue weighted by Gasteiger charge is 2.13. The van der Waals surface area contributed by atoms with Crippen molar-refractivity contribution in [1.29, 1.82) is 0 Å². The van der Waals surface area contributed by atoms with Crippen LogP contribution >= 0.6 is 11.3 Å². The summed E-state index contributed by atoms with van der Waals surface area (Å²) in [4.78, 5) is 12.8. The average Bonchev–Trinajstić information content (AvgIpc) is 2.78. The van der Waals surface area contributed by atoms with Crippen LogP contribution in [0, 0.1) is 17.8 Å². The fourth-order valence-corrected chi connectivity index (χ4v) is 1.94. The number of carbonyl (C=O) groups is 1. The van der Waals surface area contributed by atoms with Crippen LogP contribution in [-0.2, 0) is 0 Å². The first-order valence-corrected chi connectivity index (χ1v) is 6.91. The molecule has 3 nitrogen and oxygen atoms in total. The maximum atomic E-state index is 11.9. The smallest absolute Gasteiger partial charge is 0.252 e. The van der Waals surface area contributed by atoms with Crippen molar-refractivity contribution in [2.24, 2.45) is 5.92 Å². The van der Waals surface area contributed by atoms with Crippen LogP contribution in [-0.4, -0.2) is 23.7 Å². The third-order valence-corrected chi connectivity index (χ3v) is 3.51. The third kappa shape index (κ3) is 4.52. The summed E-state index contributed by atoms with van der Waals surface area (Å²) in [6.45, 7) is 6.21. The molecule has 0 aromatic carbocycles. The number of hydrogen-bond donors (Lipinski definition) is 2. The van der Waals surface area contributed by atoms with Gasteiger partial charge in [-0.1, -0.05) is 25.7 Å². The van der Waals surface area contributed by atoms with E-state index in [2.05, 4.69) is 31.0 Å². The van der Waals surface area contributed by atoms with Crippen LogP contribution in [0.3, 0.4) is 0 Å². The number of thiophene rings is 1. The Balaban J connectivity index is 2.63. The van der Waals surface area contributed by atoms with Crippen LogP contribution in [0.4, 0.5) is 0 Å². The Morgan fingerprint density at radius 2 is 2.22 bits per heavy atom. The number of amides is 1. The van der Waals surface area contributed by atoms with Gasteiger partial charge in [0.15, 0.2) is 0 Å². The van der Waals surface area contributed by atoms with Gasteiger partial charge in [-0.05, 0) is 18.9 Å². The molecule has 0 saturated carbocycles. The van der Waals surface area contributed by atoms with Gasteiger partial charge in [-0.3, -0.25) is 4.79 Å². The molecule has 1 rings (SSSR count). The highest BCUT2D eigenvalue weighted by molar-refractivity contribution is 7.10. The van der Waals surface area contributed by atoms with Crippen molar-refractivity contribution in [3.8, 4) is 11.8 Å². The molecule has 0 bridgehead atoms. The summed E-state index contributed by atoms with van der Waals surface area (Å²) in [5, 5.41) is 13.4. The normalized spacial score (nSPS) is 11.8. The Morgan fingerprint density at radius 3 is 2.83 bits per heavy atom. The van der Waals surface area contributed by atoms with Crippen molar-refractivity contribution in [3.63, 3.8) is 0 Å². The molecule has 2 N–H and O–H groups in total. The van der Waals surface area contributed by atoms with Gasteiger partial charge >= 0.3 is 0 Å². The lowest BCUT2D eigenvalue weighted by Gasteiger charge is -2.16. The number of hydrogen-bond acceptors (Lipinski definition) is 3. The van der Waals surface area contributed by atoms with Crippen molar-refractivity contribution in [2.45, 2.75) is 33.2 Å². The molecule has 1 amide bonds. The SMILES string of the molecule is CC(C)C(C)NC(=O)c1csc(C#CCCO)c1. The predicted octanol–water partition coefficient (Wildman–Crippen LogP) is 2.26. The molecule has 1 atom stereocenters. The Kier molecular flexibility index (Phi) is 5.90. The summed E-state index contributed by atoms with van der Waals surface area (Å²) in [5.74, 6) is 6.13. The minimum atomic E-state index is -0.0531. The molecule has 0 aliphatic rings. The van der Waals surface area contributed by atoms with Gasteiger partial charge in [-0.15, -0.1) is 11.3 Å². The van der Waals surface area contributed by atoms with Gasteiger partial charge in [-0.25, -0.2) is 0 Å². The van der Waals surface area contributed by atoms with Gasteiger partial charge in [0.05, 0.1) is 17.0 Å². The van der Waals surface area contributed by atoms with E-state index >= 15 is 0 Å². The van der Waals surface area contributed by atoms with Gasteiger partial charge in [-0.2, -0.15) is 0 Å². The van der Waals surface area contributed by atoms with Gasteiger partial charge in [0.1, 0.15) is 0 Å². The zero-order valence-corrected chi connectivity index (χ0v) is 11.8. The summed E-state index contributed by atoms with van der Waals surface area (Å²) < 4.78 is 0. The summed E-state index contributed by atoms with van der Waals surface area (Å²) >= 11 is 1.45. The van der Waals surface area contributed by atoms with Crippen molar-refractivity contribution in [1.82, 2.24) is 5.32 Å². The molecule has 0 radical (unpaired) electrons. The highest BCUT2D eigenvalue weighted by atomic mass is 32.1. The standard InChI is InChI=1S/C14H19NO2S/c1-10(2)11(3)15-14(17)12-8-13(18-9-12)6-4-5-7-16/h8-11,16H,5,7H2,1-3H3,(H,15,17). The quantitative estimate of drug-likeness (QED) is 0.820. The van der Waals surface area contributed by atoms with Crippen LogP contribution in [0.15, 0.2) is 11.4 Å². The number of rotatable bonds is 4. The number of aliphatic hydroxyl groups excluding tert-OH is 1. The molecule has 4 heteroatoms. The van der Waals surface area contributed by atoms with E-state index in [0.29, 0.717) is 17.9 Å². The number of aliphatic hydroxyl groups is 1. The van der Waals surface area contributed by atoms with Crippen LogP contribution in [0.25, 0.3) is 0 Å². The topological polar surface area (TPSA) is 49.3 Å². The van der Waals surface area contributed by atoms with Crippen LogP contribution in [0.5, 0.6) is 0 Å². The lowest BCUT2D eigenvalue weighted by molar-refractivity contribution is 0.0931. The Morgan fingerprint density at radius 1 is 1.50 bits per heavy atom. The Labute approximate surface area is 112 Å². The predicted molar refractivity (Wildman–Crippen MR) is 74.7 cm³/mol. The zero-order chi connectivity index (χ0) is 13.5. The fourth-order valence-electron chi connectivity index (χ4n) is 1.18. The highest BCUT2D eigenvalue weighted by Crippen LogP contribution is 2.14. The molecule has 1 aromatic rings. The van der Waals surface area contributed by atoms with E-state index < -0.39 is 0 Å². The molecule has 98 valence electrons. The summed E-state index contributed by atoms with van der Waals surface area (Å²) in [6.07, 6.45) is 0.462. The molecule has 0 aliphatic heterocycles. The van der Waals surface area contributed by atoms with Crippen molar-refractivity contribution >= 4 is 17.2 Å². The molecule has 0 spiro atoms. The largest absolute Gasteiger partial charge is 0.395 e. The lowest BCUT2D eigenvalue weighted by atomic mass is 10.1. The molecular formula is C14H19NO2S. The molecule has 1 heterocycles. The monoisotopic (exact) mass is 265 g/mol. The second-order valence-electron chi connectivity index (χ2n) is 4.48. The van der Waals surface area contributed by atoms with E-state index in [1.165, 1.54) is 11.3 Å². The van der Waals surface area contributed by atoms with E-state index in [-0.39, 0.29) is 18.6 Å². The van der Waals surface area contributed by atoms with Crippen LogP contribution < -0.4 is 5.32 Å². The molecule has 0 saturated heterocycles. The second-order valence-corrected chi connectivity index (χ2v) is 5.39. The Bertz CT molecular complexity index is 454. The van der Waals surface area contributed by atoms with E-state index in [9.17, 15) is 4.79 Å². The first-order valence-electron chi connectivity index (χ1n) is 6.03. The molecule has 1 unspecified atom stereocenters. The second kappa shape index (κ2) is 7.20. The maximum absolute atomic E-state index is 11.9. The van der Waals surface area contributed by atoms with Crippen LogP contribution in [0.2, 0.25) is 0 Å². The average molecular weight is 265 g/mol. The lowest BCUT2D eigenvalue weighted by Crippen LogP contribution is -2.35. The zero-order valence-electron chi connectivity index (χ0n) is 11.0. The minimum Gasteiger partial charge on any atom is -0.395 e. The van der Waals surface area contributed by atoms with Crippen molar-refractivity contribution < 1.29 is 9.90 Å². The van der Waals surface area contributed by atoms with Crippen molar-refractivity contribution in [3.05, 3.63) is 21.9 Å².